The Kier molecular flexibility index (Phi) is 9.30. The number of aliphatic hydroxyl groups is 1. The van der Waals surface area contributed by atoms with Crippen LogP contribution >= 0.6 is 0 Å². The molecule has 0 radical (unpaired) electrons. The van der Waals surface area contributed by atoms with Gasteiger partial charge >= 0.3 is 5.97 Å². The lowest BCUT2D eigenvalue weighted by molar-refractivity contribution is -0.134. The minimum atomic E-state index is -3.83. The summed E-state index contributed by atoms with van der Waals surface area (Å²) in [6, 6.07) is 22.4. The highest BCUT2D eigenvalue weighted by atomic mass is 32.2. The monoisotopic (exact) mass is 565 g/mol. The molecule has 40 heavy (non-hydrogen) atoms. The molecule has 0 saturated carbocycles. The van der Waals surface area contributed by atoms with E-state index in [-0.39, 0.29) is 30.1 Å². The summed E-state index contributed by atoms with van der Waals surface area (Å²) >= 11 is 0. The summed E-state index contributed by atoms with van der Waals surface area (Å²) in [4.78, 5) is 10.9. The van der Waals surface area contributed by atoms with Crippen molar-refractivity contribution in [1.82, 2.24) is 9.62 Å². The lowest BCUT2D eigenvalue weighted by Gasteiger charge is -2.31. The molecule has 0 aromatic heterocycles. The van der Waals surface area contributed by atoms with Crippen molar-refractivity contribution in [1.29, 1.82) is 0 Å². The normalized spacial score (nSPS) is 14.7. The first-order valence-corrected chi connectivity index (χ1v) is 15.0. The minimum absolute atomic E-state index is 0.0333. The van der Waals surface area contributed by atoms with Gasteiger partial charge in [-0.1, -0.05) is 48.5 Å². The van der Waals surface area contributed by atoms with E-state index in [1.165, 1.54) is 22.5 Å². The highest BCUT2D eigenvalue weighted by Gasteiger charge is 2.29. The Morgan fingerprint density at radius 1 is 1.00 bits per heavy atom. The highest BCUT2D eigenvalue weighted by Crippen LogP contribution is 2.32. The van der Waals surface area contributed by atoms with Gasteiger partial charge in [0.25, 0.3) is 0 Å². The second-order valence-corrected chi connectivity index (χ2v) is 13.3. The van der Waals surface area contributed by atoms with Gasteiger partial charge in [-0.3, -0.25) is 4.79 Å². The van der Waals surface area contributed by atoms with Crippen LogP contribution in [-0.2, 0) is 27.7 Å². The Bertz CT molecular complexity index is 1400. The Morgan fingerprint density at radius 2 is 1.65 bits per heavy atom. The third kappa shape index (κ3) is 7.69. The number of likely N-dealkylation sites (N-methyl/N-ethyl adjacent to an activating group) is 1. The molecule has 0 heterocycles. The molecule has 0 saturated heterocycles. The predicted molar refractivity (Wildman–Crippen MR) is 158 cm³/mol. The molecule has 1 atom stereocenters. The number of aliphatic carboxylic acids is 1. The fourth-order valence-corrected chi connectivity index (χ4v) is 6.67. The van der Waals surface area contributed by atoms with Crippen LogP contribution in [0.3, 0.4) is 0 Å². The average molecular weight is 566 g/mol. The van der Waals surface area contributed by atoms with Crippen molar-refractivity contribution < 1.29 is 23.4 Å². The average Bonchev–Trinajstić information content (AvgIpc) is 3.32. The lowest BCUT2D eigenvalue weighted by atomic mass is 9.88. The van der Waals surface area contributed by atoms with E-state index in [0.717, 1.165) is 30.4 Å². The Hall–Kier alpha value is -3.24. The molecule has 0 fully saturated rings. The summed E-state index contributed by atoms with van der Waals surface area (Å²) in [5.74, 6) is -0.407. The zero-order valence-electron chi connectivity index (χ0n) is 23.3. The van der Waals surface area contributed by atoms with Gasteiger partial charge in [0.1, 0.15) is 6.54 Å². The number of aliphatic hydroxyl groups excluding tert-OH is 1. The number of β-amino-alcohol motifs (C(OH)–C–C–N with tert-alkyl or cyclic N) is 1. The van der Waals surface area contributed by atoms with Crippen LogP contribution in [0.1, 0.15) is 31.4 Å². The van der Waals surface area contributed by atoms with Crippen molar-refractivity contribution in [3.63, 3.8) is 0 Å². The maximum atomic E-state index is 13.3. The number of anilines is 1. The second-order valence-electron chi connectivity index (χ2n) is 11.3. The van der Waals surface area contributed by atoms with E-state index < -0.39 is 22.1 Å². The van der Waals surface area contributed by atoms with Gasteiger partial charge in [-0.15, -0.1) is 0 Å². The fourth-order valence-electron chi connectivity index (χ4n) is 5.42. The molecule has 4 N–H and O–H groups in total. The minimum Gasteiger partial charge on any atom is -0.480 e. The van der Waals surface area contributed by atoms with Gasteiger partial charge in [-0.2, -0.15) is 4.31 Å². The first-order chi connectivity index (χ1) is 18.9. The summed E-state index contributed by atoms with van der Waals surface area (Å²) in [6.45, 7) is 4.32. The molecule has 1 aliphatic rings. The van der Waals surface area contributed by atoms with Gasteiger partial charge in [-0.05, 0) is 85.5 Å². The van der Waals surface area contributed by atoms with Crippen LogP contribution in [0.15, 0.2) is 77.7 Å². The van der Waals surface area contributed by atoms with E-state index in [9.17, 15) is 18.3 Å². The molecular weight excluding hydrogens is 526 g/mol. The number of hydrogen-bond acceptors (Lipinski definition) is 6. The van der Waals surface area contributed by atoms with Gasteiger partial charge in [-0.25, -0.2) is 8.42 Å². The van der Waals surface area contributed by atoms with Crippen LogP contribution in [-0.4, -0.2) is 67.2 Å². The fraction of sp³-hybridized carbons (Fsp3) is 0.387. The van der Waals surface area contributed by atoms with Crippen molar-refractivity contribution in [3.8, 4) is 11.1 Å². The molecule has 214 valence electrons. The van der Waals surface area contributed by atoms with E-state index in [1.807, 2.05) is 6.07 Å². The zero-order valence-corrected chi connectivity index (χ0v) is 24.1. The smallest absolute Gasteiger partial charge is 0.322 e. The van der Waals surface area contributed by atoms with Gasteiger partial charge in [0.15, 0.2) is 0 Å². The molecule has 3 aromatic rings. The molecule has 4 rings (SSSR count). The number of nitrogens with zero attached hydrogens (tertiary/aromatic N) is 1. The number of benzene rings is 3. The third-order valence-electron chi connectivity index (χ3n) is 7.42. The Morgan fingerprint density at radius 3 is 2.27 bits per heavy atom. The molecule has 8 nitrogen and oxygen atoms in total. The van der Waals surface area contributed by atoms with E-state index in [0.29, 0.717) is 11.6 Å². The van der Waals surface area contributed by atoms with Crippen molar-refractivity contribution in [2.75, 3.05) is 32.0 Å². The molecule has 1 aliphatic carbocycles. The maximum Gasteiger partial charge on any atom is 0.322 e. The first-order valence-electron chi connectivity index (χ1n) is 13.6. The van der Waals surface area contributed by atoms with Crippen LogP contribution in [0.4, 0.5) is 5.69 Å². The number of carboxylic acids is 1. The lowest BCUT2D eigenvalue weighted by Crippen LogP contribution is -2.47. The first kappa shape index (κ1) is 29.7. The number of fused-ring (bicyclic) bond motifs is 1. The van der Waals surface area contributed by atoms with Crippen LogP contribution in [0.25, 0.3) is 11.1 Å². The summed E-state index contributed by atoms with van der Waals surface area (Å²) in [7, 11) is -2.34. The number of hydrogen-bond donors (Lipinski definition) is 4. The van der Waals surface area contributed by atoms with Crippen molar-refractivity contribution in [2.24, 2.45) is 5.92 Å². The number of carboxylic acid groups (broad SMARTS) is 1. The van der Waals surface area contributed by atoms with Gasteiger partial charge in [0.05, 0.1) is 11.0 Å². The molecule has 1 unspecified atom stereocenters. The topological polar surface area (TPSA) is 119 Å². The van der Waals surface area contributed by atoms with Gasteiger partial charge in [0.2, 0.25) is 10.0 Å². The Labute approximate surface area is 237 Å². The number of carbonyl (C=O) groups is 1. The van der Waals surface area contributed by atoms with Crippen molar-refractivity contribution in [3.05, 3.63) is 83.9 Å². The maximum absolute atomic E-state index is 13.3. The van der Waals surface area contributed by atoms with E-state index >= 15 is 0 Å². The standard InChI is InChI=1S/C31H39N3O5S/c1-31(2,18-22-15-24-7-4-5-8-25(24)16-22)33-19-28(35)21-34(3)40(38,39)29-10-6-9-26(17-29)23-11-13-27(14-12-23)32-20-30(36)37/h4-14,17,22,28,32-33,35H,15-16,18-21H2,1-3H3,(H,36,37). The summed E-state index contributed by atoms with van der Waals surface area (Å²) < 4.78 is 27.8. The molecule has 0 aliphatic heterocycles. The van der Waals surface area contributed by atoms with Gasteiger partial charge < -0.3 is 20.8 Å². The summed E-state index contributed by atoms with van der Waals surface area (Å²) in [5.41, 5.74) is 4.83. The third-order valence-corrected chi connectivity index (χ3v) is 9.24. The van der Waals surface area contributed by atoms with Crippen molar-refractivity contribution in [2.45, 2.75) is 49.6 Å². The highest BCUT2D eigenvalue weighted by molar-refractivity contribution is 7.89. The largest absolute Gasteiger partial charge is 0.480 e. The zero-order chi connectivity index (χ0) is 28.9. The molecule has 0 amide bonds. The summed E-state index contributed by atoms with van der Waals surface area (Å²) in [6.07, 6.45) is 2.23. The van der Waals surface area contributed by atoms with Crippen LogP contribution in [0.5, 0.6) is 0 Å². The summed E-state index contributed by atoms with van der Waals surface area (Å²) in [5, 5.41) is 25.8. The SMILES string of the molecule is CN(CC(O)CNC(C)(C)CC1Cc2ccccc2C1)S(=O)(=O)c1cccc(-c2ccc(NCC(=O)O)cc2)c1. The van der Waals surface area contributed by atoms with Crippen LogP contribution in [0, 0.1) is 5.92 Å². The molecule has 3 aromatic carbocycles. The molecule has 9 heteroatoms. The number of sulfonamides is 1. The molecular formula is C31H39N3O5S. The quantitative estimate of drug-likeness (QED) is 0.247. The van der Waals surface area contributed by atoms with Gasteiger partial charge in [0, 0.05) is 31.4 Å². The molecule has 0 spiro atoms. The van der Waals surface area contributed by atoms with Crippen molar-refractivity contribution >= 4 is 21.7 Å². The van der Waals surface area contributed by atoms with Crippen LogP contribution < -0.4 is 10.6 Å². The van der Waals surface area contributed by atoms with E-state index in [2.05, 4.69) is 48.7 Å². The van der Waals surface area contributed by atoms with E-state index in [4.69, 9.17) is 5.11 Å². The van der Waals surface area contributed by atoms with E-state index in [1.54, 1.807) is 42.5 Å². The molecule has 0 bridgehead atoms. The predicted octanol–water partition coefficient (Wildman–Crippen LogP) is 4.00. The number of rotatable bonds is 13. The number of nitrogens with one attached hydrogen (secondary N) is 2. The second kappa shape index (κ2) is 12.5. The Balaban J connectivity index is 1.32. The van der Waals surface area contributed by atoms with Crippen LogP contribution in [0.2, 0.25) is 0 Å².